The van der Waals surface area contributed by atoms with Gasteiger partial charge in [-0.15, -0.1) is 0 Å². The Bertz CT molecular complexity index is 766. The van der Waals surface area contributed by atoms with Crippen molar-refractivity contribution in [3.8, 4) is 11.1 Å². The van der Waals surface area contributed by atoms with Crippen LogP contribution < -0.4 is 5.73 Å². The lowest BCUT2D eigenvalue weighted by Gasteiger charge is -2.14. The highest BCUT2D eigenvalue weighted by Crippen LogP contribution is 2.25. The summed E-state index contributed by atoms with van der Waals surface area (Å²) in [5.74, 6) is 0.571. The molecule has 22 heavy (non-hydrogen) atoms. The Kier molecular flexibility index (Phi) is 4.16. The number of pyridine rings is 2. The van der Waals surface area contributed by atoms with E-state index in [2.05, 4.69) is 43.1 Å². The zero-order valence-corrected chi connectivity index (χ0v) is 13.0. The molecule has 2 aromatic heterocycles. The summed E-state index contributed by atoms with van der Waals surface area (Å²) in [6, 6.07) is 14.5. The summed E-state index contributed by atoms with van der Waals surface area (Å²) in [5, 5.41) is 1.13. The van der Waals surface area contributed by atoms with E-state index in [0.717, 1.165) is 28.6 Å². The third-order valence-corrected chi connectivity index (χ3v) is 3.83. The van der Waals surface area contributed by atoms with Crippen LogP contribution in [0.5, 0.6) is 0 Å². The zero-order chi connectivity index (χ0) is 15.5. The van der Waals surface area contributed by atoms with E-state index >= 15 is 0 Å². The molecular formula is C19H21N3. The van der Waals surface area contributed by atoms with Crippen LogP contribution in [0, 0.1) is 5.92 Å². The van der Waals surface area contributed by atoms with Crippen LogP contribution in [-0.4, -0.2) is 9.97 Å². The van der Waals surface area contributed by atoms with Gasteiger partial charge in [0.2, 0.25) is 0 Å². The van der Waals surface area contributed by atoms with Gasteiger partial charge in [0.05, 0.1) is 11.2 Å². The molecule has 3 nitrogen and oxygen atoms in total. The van der Waals surface area contributed by atoms with E-state index in [1.165, 1.54) is 5.56 Å². The summed E-state index contributed by atoms with van der Waals surface area (Å²) in [4.78, 5) is 8.79. The van der Waals surface area contributed by atoms with Gasteiger partial charge in [0, 0.05) is 23.8 Å². The fourth-order valence-corrected chi connectivity index (χ4v) is 2.70. The molecule has 0 unspecified atom stereocenters. The van der Waals surface area contributed by atoms with Gasteiger partial charge < -0.3 is 5.73 Å². The molecule has 3 rings (SSSR count). The topological polar surface area (TPSA) is 51.8 Å². The SMILES string of the molecule is CC(C)C[C@H](N)c1ccc2cc(-c3ccncc3)ccc2n1. The predicted molar refractivity (Wildman–Crippen MR) is 91.4 cm³/mol. The quantitative estimate of drug-likeness (QED) is 0.777. The van der Waals surface area contributed by atoms with Crippen molar-refractivity contribution in [3.05, 3.63) is 60.6 Å². The van der Waals surface area contributed by atoms with Gasteiger partial charge in [-0.25, -0.2) is 0 Å². The van der Waals surface area contributed by atoms with Crippen molar-refractivity contribution in [1.29, 1.82) is 0 Å². The Hall–Kier alpha value is -2.26. The zero-order valence-electron chi connectivity index (χ0n) is 13.0. The van der Waals surface area contributed by atoms with Gasteiger partial charge in [0.15, 0.2) is 0 Å². The van der Waals surface area contributed by atoms with E-state index in [1.54, 1.807) is 0 Å². The molecule has 2 N–H and O–H groups in total. The number of fused-ring (bicyclic) bond motifs is 1. The number of hydrogen-bond donors (Lipinski definition) is 1. The van der Waals surface area contributed by atoms with Crippen molar-refractivity contribution in [2.75, 3.05) is 0 Å². The van der Waals surface area contributed by atoms with E-state index < -0.39 is 0 Å². The predicted octanol–water partition coefficient (Wildman–Crippen LogP) is 4.34. The van der Waals surface area contributed by atoms with E-state index in [1.807, 2.05) is 30.6 Å². The van der Waals surface area contributed by atoms with Gasteiger partial charge in [-0.3, -0.25) is 9.97 Å². The van der Waals surface area contributed by atoms with Gasteiger partial charge in [0.1, 0.15) is 0 Å². The lowest BCUT2D eigenvalue weighted by atomic mass is 10.00. The van der Waals surface area contributed by atoms with Gasteiger partial charge in [-0.2, -0.15) is 0 Å². The fraction of sp³-hybridized carbons (Fsp3) is 0.263. The summed E-state index contributed by atoms with van der Waals surface area (Å²) in [5.41, 5.74) is 10.5. The first-order valence-electron chi connectivity index (χ1n) is 7.70. The molecule has 0 spiro atoms. The Labute approximate surface area is 131 Å². The maximum absolute atomic E-state index is 6.24. The Morgan fingerprint density at radius 2 is 1.73 bits per heavy atom. The highest BCUT2D eigenvalue weighted by Gasteiger charge is 2.10. The summed E-state index contributed by atoms with van der Waals surface area (Å²) < 4.78 is 0. The maximum Gasteiger partial charge on any atom is 0.0706 e. The average Bonchev–Trinajstić information content (AvgIpc) is 2.54. The molecule has 3 heteroatoms. The number of nitrogens with two attached hydrogens (primary N) is 1. The smallest absolute Gasteiger partial charge is 0.0706 e. The van der Waals surface area contributed by atoms with Crippen LogP contribution in [0.15, 0.2) is 54.9 Å². The van der Waals surface area contributed by atoms with E-state index in [4.69, 9.17) is 10.7 Å². The normalized spacial score (nSPS) is 12.7. The Morgan fingerprint density at radius 1 is 0.955 bits per heavy atom. The van der Waals surface area contributed by atoms with Crippen LogP contribution >= 0.6 is 0 Å². The second-order valence-corrected chi connectivity index (χ2v) is 6.12. The average molecular weight is 291 g/mol. The van der Waals surface area contributed by atoms with E-state index in [-0.39, 0.29) is 6.04 Å². The van der Waals surface area contributed by atoms with Crippen molar-refractivity contribution in [2.24, 2.45) is 11.7 Å². The van der Waals surface area contributed by atoms with Crippen LogP contribution in [0.2, 0.25) is 0 Å². The second kappa shape index (κ2) is 6.24. The molecule has 1 aromatic carbocycles. The van der Waals surface area contributed by atoms with Crippen LogP contribution in [0.25, 0.3) is 22.0 Å². The molecule has 0 saturated heterocycles. The lowest BCUT2D eigenvalue weighted by molar-refractivity contribution is 0.503. The van der Waals surface area contributed by atoms with Crippen molar-refractivity contribution in [3.63, 3.8) is 0 Å². The first-order valence-corrected chi connectivity index (χ1v) is 7.70. The summed E-state index contributed by atoms with van der Waals surface area (Å²) in [6.45, 7) is 4.36. The lowest BCUT2D eigenvalue weighted by Crippen LogP contribution is -2.14. The molecule has 2 heterocycles. The molecule has 0 bridgehead atoms. The summed E-state index contributed by atoms with van der Waals surface area (Å²) in [7, 11) is 0. The molecule has 0 fully saturated rings. The van der Waals surface area contributed by atoms with Crippen molar-refractivity contribution >= 4 is 10.9 Å². The van der Waals surface area contributed by atoms with Gasteiger partial charge in [0.25, 0.3) is 0 Å². The van der Waals surface area contributed by atoms with E-state index in [0.29, 0.717) is 5.92 Å². The van der Waals surface area contributed by atoms with Crippen molar-refractivity contribution < 1.29 is 0 Å². The standard InChI is InChI=1S/C19H21N3/c1-13(2)11-17(20)19-6-4-16-12-15(3-5-18(16)22-19)14-7-9-21-10-8-14/h3-10,12-13,17H,11,20H2,1-2H3/t17-/m0/s1. The largest absolute Gasteiger partial charge is 0.323 e. The fourth-order valence-electron chi connectivity index (χ4n) is 2.70. The van der Waals surface area contributed by atoms with Gasteiger partial charge in [-0.1, -0.05) is 26.0 Å². The Balaban J connectivity index is 1.95. The highest BCUT2D eigenvalue weighted by atomic mass is 14.8. The Morgan fingerprint density at radius 3 is 2.45 bits per heavy atom. The number of benzene rings is 1. The molecule has 0 aliphatic heterocycles. The molecule has 0 amide bonds. The monoisotopic (exact) mass is 291 g/mol. The highest BCUT2D eigenvalue weighted by molar-refractivity contribution is 5.84. The first-order chi connectivity index (χ1) is 10.6. The number of hydrogen-bond acceptors (Lipinski definition) is 3. The van der Waals surface area contributed by atoms with Crippen molar-refractivity contribution in [1.82, 2.24) is 9.97 Å². The molecule has 1 atom stereocenters. The molecular weight excluding hydrogens is 270 g/mol. The molecule has 0 radical (unpaired) electrons. The minimum Gasteiger partial charge on any atom is -0.323 e. The second-order valence-electron chi connectivity index (χ2n) is 6.12. The van der Waals surface area contributed by atoms with Crippen LogP contribution in [0.1, 0.15) is 32.0 Å². The minimum absolute atomic E-state index is 0.00396. The summed E-state index contributed by atoms with van der Waals surface area (Å²) in [6.07, 6.45) is 4.57. The van der Waals surface area contributed by atoms with E-state index in [9.17, 15) is 0 Å². The minimum atomic E-state index is 0.00396. The molecule has 3 aromatic rings. The molecule has 0 saturated carbocycles. The first kappa shape index (κ1) is 14.7. The maximum atomic E-state index is 6.24. The van der Waals surface area contributed by atoms with Crippen molar-refractivity contribution in [2.45, 2.75) is 26.3 Å². The number of rotatable bonds is 4. The third kappa shape index (κ3) is 3.15. The van der Waals surface area contributed by atoms with Gasteiger partial charge in [-0.05, 0) is 53.8 Å². The molecule has 112 valence electrons. The van der Waals surface area contributed by atoms with Crippen LogP contribution in [0.4, 0.5) is 0 Å². The molecule has 0 aliphatic rings. The number of aromatic nitrogens is 2. The third-order valence-electron chi connectivity index (χ3n) is 3.83. The van der Waals surface area contributed by atoms with Gasteiger partial charge >= 0.3 is 0 Å². The summed E-state index contributed by atoms with van der Waals surface area (Å²) >= 11 is 0. The van der Waals surface area contributed by atoms with Crippen LogP contribution in [0.3, 0.4) is 0 Å². The number of nitrogens with zero attached hydrogens (tertiary/aromatic N) is 2. The molecule has 0 aliphatic carbocycles. The van der Waals surface area contributed by atoms with Crippen LogP contribution in [-0.2, 0) is 0 Å².